The Labute approximate surface area is 124 Å². The second kappa shape index (κ2) is 6.43. The first-order valence-corrected chi connectivity index (χ1v) is 6.93. The Morgan fingerprint density at radius 1 is 1.29 bits per heavy atom. The van der Waals surface area contributed by atoms with Crippen LogP contribution in [-0.2, 0) is 11.2 Å². The van der Waals surface area contributed by atoms with Crippen molar-refractivity contribution < 1.29 is 13.9 Å². The molecule has 0 fully saturated rings. The minimum Gasteiger partial charge on any atom is -0.491 e. The lowest BCUT2D eigenvalue weighted by Gasteiger charge is -2.10. The van der Waals surface area contributed by atoms with E-state index < -0.39 is 0 Å². The summed E-state index contributed by atoms with van der Waals surface area (Å²) in [5.74, 6) is 1.83. The van der Waals surface area contributed by atoms with Crippen molar-refractivity contribution in [3.63, 3.8) is 0 Å². The molecule has 0 saturated carbocycles. The number of hydrogen-bond donors (Lipinski definition) is 1. The fraction of sp³-hybridized carbons (Fsp3) is 0.375. The van der Waals surface area contributed by atoms with Gasteiger partial charge < -0.3 is 14.5 Å². The maximum absolute atomic E-state index is 12.0. The molecule has 0 atom stereocenters. The predicted octanol–water partition coefficient (Wildman–Crippen LogP) is 3.26. The van der Waals surface area contributed by atoms with Gasteiger partial charge in [0.1, 0.15) is 11.5 Å². The molecule has 0 saturated heterocycles. The quantitative estimate of drug-likeness (QED) is 0.917. The molecule has 1 aromatic carbocycles. The number of rotatable bonds is 5. The van der Waals surface area contributed by atoms with E-state index in [0.717, 1.165) is 17.1 Å². The summed E-state index contributed by atoms with van der Waals surface area (Å²) in [5.41, 5.74) is 1.48. The van der Waals surface area contributed by atoms with E-state index in [1.54, 1.807) is 6.92 Å². The number of amides is 1. The van der Waals surface area contributed by atoms with Gasteiger partial charge in [0.05, 0.1) is 18.2 Å². The SMILES string of the molecule is Cc1nc(C)c(CC(=O)Nc2ccc(OC(C)C)cc2)o1. The Hall–Kier alpha value is -2.30. The number of aryl methyl sites for hydroxylation is 2. The van der Waals surface area contributed by atoms with Gasteiger partial charge in [0.2, 0.25) is 5.91 Å². The van der Waals surface area contributed by atoms with Crippen molar-refractivity contribution in [2.45, 2.75) is 40.2 Å². The topological polar surface area (TPSA) is 64.4 Å². The maximum atomic E-state index is 12.0. The summed E-state index contributed by atoms with van der Waals surface area (Å²) in [6.45, 7) is 7.54. The van der Waals surface area contributed by atoms with Crippen LogP contribution < -0.4 is 10.1 Å². The van der Waals surface area contributed by atoms with Gasteiger partial charge >= 0.3 is 0 Å². The standard InChI is InChI=1S/C16H20N2O3/c1-10(2)20-14-7-5-13(6-8-14)18-16(19)9-15-11(3)17-12(4)21-15/h5-8,10H,9H2,1-4H3,(H,18,19). The molecular weight excluding hydrogens is 268 g/mol. The summed E-state index contributed by atoms with van der Waals surface area (Å²) in [7, 11) is 0. The predicted molar refractivity (Wildman–Crippen MR) is 80.5 cm³/mol. The summed E-state index contributed by atoms with van der Waals surface area (Å²) >= 11 is 0. The Morgan fingerprint density at radius 3 is 2.48 bits per heavy atom. The molecule has 1 N–H and O–H groups in total. The van der Waals surface area contributed by atoms with Crippen molar-refractivity contribution in [2.75, 3.05) is 5.32 Å². The third kappa shape index (κ3) is 4.34. The summed E-state index contributed by atoms with van der Waals surface area (Å²) < 4.78 is 10.9. The van der Waals surface area contributed by atoms with E-state index >= 15 is 0 Å². The summed E-state index contributed by atoms with van der Waals surface area (Å²) in [6, 6.07) is 7.29. The Bertz CT molecular complexity index is 615. The highest BCUT2D eigenvalue weighted by Gasteiger charge is 2.12. The fourth-order valence-corrected chi connectivity index (χ4v) is 1.98. The van der Waals surface area contributed by atoms with E-state index in [9.17, 15) is 4.79 Å². The van der Waals surface area contributed by atoms with Crippen LogP contribution in [0.25, 0.3) is 0 Å². The number of benzene rings is 1. The molecular formula is C16H20N2O3. The lowest BCUT2D eigenvalue weighted by Crippen LogP contribution is -2.14. The fourth-order valence-electron chi connectivity index (χ4n) is 1.98. The van der Waals surface area contributed by atoms with Gasteiger partial charge in [0.15, 0.2) is 5.89 Å². The molecule has 5 heteroatoms. The third-order valence-corrected chi connectivity index (χ3v) is 2.83. The highest BCUT2D eigenvalue weighted by Crippen LogP contribution is 2.17. The lowest BCUT2D eigenvalue weighted by atomic mass is 10.2. The minimum absolute atomic E-state index is 0.128. The molecule has 0 bridgehead atoms. The van der Waals surface area contributed by atoms with Crippen molar-refractivity contribution in [3.05, 3.63) is 41.6 Å². The number of carbonyl (C=O) groups is 1. The number of nitrogens with one attached hydrogen (secondary N) is 1. The zero-order chi connectivity index (χ0) is 15.4. The Balaban J connectivity index is 1.95. The van der Waals surface area contributed by atoms with Crippen molar-refractivity contribution in [1.82, 2.24) is 4.98 Å². The van der Waals surface area contributed by atoms with E-state index in [-0.39, 0.29) is 18.4 Å². The average molecular weight is 288 g/mol. The average Bonchev–Trinajstić information content (AvgIpc) is 2.69. The van der Waals surface area contributed by atoms with Crippen LogP contribution in [0.1, 0.15) is 31.2 Å². The molecule has 1 heterocycles. The van der Waals surface area contributed by atoms with Crippen LogP contribution in [0.4, 0.5) is 5.69 Å². The second-order valence-electron chi connectivity index (χ2n) is 5.16. The summed E-state index contributed by atoms with van der Waals surface area (Å²) in [4.78, 5) is 16.1. The number of carbonyl (C=O) groups excluding carboxylic acids is 1. The van der Waals surface area contributed by atoms with Gasteiger partial charge in [-0.15, -0.1) is 0 Å². The smallest absolute Gasteiger partial charge is 0.232 e. The van der Waals surface area contributed by atoms with Crippen molar-refractivity contribution >= 4 is 11.6 Å². The van der Waals surface area contributed by atoms with Crippen molar-refractivity contribution in [1.29, 1.82) is 0 Å². The first kappa shape index (κ1) is 15.1. The number of anilines is 1. The normalized spacial score (nSPS) is 10.7. The first-order chi connectivity index (χ1) is 9.94. The van der Waals surface area contributed by atoms with Gasteiger partial charge in [0.25, 0.3) is 0 Å². The van der Waals surface area contributed by atoms with Gasteiger partial charge in [-0.3, -0.25) is 4.79 Å². The molecule has 2 aromatic rings. The van der Waals surface area contributed by atoms with E-state index in [1.165, 1.54) is 0 Å². The molecule has 0 aliphatic heterocycles. The number of ether oxygens (including phenoxy) is 1. The molecule has 112 valence electrons. The number of hydrogen-bond acceptors (Lipinski definition) is 4. The summed E-state index contributed by atoms with van der Waals surface area (Å²) in [5, 5.41) is 2.83. The molecule has 21 heavy (non-hydrogen) atoms. The van der Waals surface area contributed by atoms with Crippen LogP contribution >= 0.6 is 0 Å². The molecule has 0 unspecified atom stereocenters. The monoisotopic (exact) mass is 288 g/mol. The Morgan fingerprint density at radius 2 is 1.95 bits per heavy atom. The molecule has 0 spiro atoms. The number of aromatic nitrogens is 1. The van der Waals surface area contributed by atoms with E-state index in [4.69, 9.17) is 9.15 Å². The second-order valence-corrected chi connectivity index (χ2v) is 5.16. The number of nitrogens with zero attached hydrogens (tertiary/aromatic N) is 1. The van der Waals surface area contributed by atoms with Crippen LogP contribution in [0.15, 0.2) is 28.7 Å². The van der Waals surface area contributed by atoms with Crippen molar-refractivity contribution in [3.8, 4) is 5.75 Å². The van der Waals surface area contributed by atoms with E-state index in [2.05, 4.69) is 10.3 Å². The van der Waals surface area contributed by atoms with E-state index in [1.807, 2.05) is 45.0 Å². The third-order valence-electron chi connectivity index (χ3n) is 2.83. The molecule has 0 radical (unpaired) electrons. The molecule has 1 aromatic heterocycles. The van der Waals surface area contributed by atoms with Gasteiger partial charge in [-0.05, 0) is 45.0 Å². The molecule has 0 aliphatic carbocycles. The first-order valence-electron chi connectivity index (χ1n) is 6.93. The zero-order valence-corrected chi connectivity index (χ0v) is 12.8. The molecule has 0 aliphatic rings. The summed E-state index contributed by atoms with van der Waals surface area (Å²) in [6.07, 6.45) is 0.305. The van der Waals surface area contributed by atoms with Crippen molar-refractivity contribution in [2.24, 2.45) is 0 Å². The van der Waals surface area contributed by atoms with Gasteiger partial charge in [-0.25, -0.2) is 4.98 Å². The van der Waals surface area contributed by atoms with Crippen LogP contribution in [0, 0.1) is 13.8 Å². The van der Waals surface area contributed by atoms with Gasteiger partial charge in [-0.1, -0.05) is 0 Å². The van der Waals surface area contributed by atoms with Crippen LogP contribution in [0.2, 0.25) is 0 Å². The minimum atomic E-state index is -0.133. The molecule has 1 amide bonds. The maximum Gasteiger partial charge on any atom is 0.232 e. The Kier molecular flexibility index (Phi) is 4.62. The molecule has 2 rings (SSSR count). The van der Waals surface area contributed by atoms with Crippen LogP contribution in [0.3, 0.4) is 0 Å². The largest absolute Gasteiger partial charge is 0.491 e. The zero-order valence-electron chi connectivity index (χ0n) is 12.8. The lowest BCUT2D eigenvalue weighted by molar-refractivity contribution is -0.115. The van der Waals surface area contributed by atoms with E-state index in [0.29, 0.717) is 11.7 Å². The molecule has 5 nitrogen and oxygen atoms in total. The van der Waals surface area contributed by atoms with Gasteiger partial charge in [-0.2, -0.15) is 0 Å². The highest BCUT2D eigenvalue weighted by atomic mass is 16.5. The number of oxazole rings is 1. The van der Waals surface area contributed by atoms with Gasteiger partial charge in [0, 0.05) is 12.6 Å². The van der Waals surface area contributed by atoms with Crippen LogP contribution in [0.5, 0.6) is 5.75 Å². The van der Waals surface area contributed by atoms with Crippen LogP contribution in [-0.4, -0.2) is 17.0 Å². The highest BCUT2D eigenvalue weighted by molar-refractivity contribution is 5.92.